The molecule has 1 aromatic heterocycles. The van der Waals surface area contributed by atoms with Crippen LogP contribution < -0.4 is 0 Å². The molecule has 0 amide bonds. The van der Waals surface area contributed by atoms with Crippen LogP contribution in [0.3, 0.4) is 0 Å². The lowest BCUT2D eigenvalue weighted by Gasteiger charge is -2.09. The fraction of sp³-hybridized carbons (Fsp3) is 0.286. The van der Waals surface area contributed by atoms with Gasteiger partial charge in [0.2, 0.25) is 0 Å². The van der Waals surface area contributed by atoms with Gasteiger partial charge in [0.15, 0.2) is 0 Å². The van der Waals surface area contributed by atoms with Crippen molar-refractivity contribution in [2.75, 3.05) is 0 Å². The molecule has 0 aliphatic heterocycles. The summed E-state index contributed by atoms with van der Waals surface area (Å²) in [4.78, 5) is 8.66. The summed E-state index contributed by atoms with van der Waals surface area (Å²) in [5, 5.41) is 9.94. The average molecular weight is 226 g/mol. The molecule has 3 heteroatoms. The SMILES string of the molecule is C#CCCCC(O)c1cnc2ccccc2n1. The maximum absolute atomic E-state index is 9.94. The summed E-state index contributed by atoms with van der Waals surface area (Å²) in [6.45, 7) is 0. The number of aliphatic hydroxyl groups is 1. The molecule has 2 aromatic rings. The Kier molecular flexibility index (Phi) is 3.69. The molecule has 1 aromatic carbocycles. The summed E-state index contributed by atoms with van der Waals surface area (Å²) in [6.07, 6.45) is 8.31. The molecule has 2 rings (SSSR count). The largest absolute Gasteiger partial charge is 0.387 e. The van der Waals surface area contributed by atoms with E-state index in [1.54, 1.807) is 6.20 Å². The lowest BCUT2D eigenvalue weighted by atomic mass is 10.1. The van der Waals surface area contributed by atoms with Crippen molar-refractivity contribution in [1.82, 2.24) is 9.97 Å². The minimum atomic E-state index is -0.583. The number of terminal acetylenes is 1. The summed E-state index contributed by atoms with van der Waals surface area (Å²) < 4.78 is 0. The molecule has 0 aliphatic carbocycles. The van der Waals surface area contributed by atoms with Crippen molar-refractivity contribution >= 4 is 11.0 Å². The number of hydrogen-bond acceptors (Lipinski definition) is 3. The number of unbranched alkanes of at least 4 members (excludes halogenated alkanes) is 1. The molecule has 3 nitrogen and oxygen atoms in total. The van der Waals surface area contributed by atoms with Crippen LogP contribution in [0.1, 0.15) is 31.1 Å². The topological polar surface area (TPSA) is 46.0 Å². The number of para-hydroxylation sites is 2. The monoisotopic (exact) mass is 226 g/mol. The minimum absolute atomic E-state index is 0.583. The Labute approximate surface area is 101 Å². The molecule has 1 N–H and O–H groups in total. The molecule has 1 heterocycles. The molecule has 0 saturated carbocycles. The van der Waals surface area contributed by atoms with E-state index in [2.05, 4.69) is 15.9 Å². The Bertz CT molecular complexity index is 545. The standard InChI is InChI=1S/C14H14N2O/c1-2-3-4-9-14(17)13-10-15-11-7-5-6-8-12(11)16-13/h1,5-8,10,14,17H,3-4,9H2. The first-order valence-corrected chi connectivity index (χ1v) is 5.64. The van der Waals surface area contributed by atoms with Crippen LogP contribution in [0.2, 0.25) is 0 Å². The predicted octanol–water partition coefficient (Wildman–Crippen LogP) is 2.47. The fourth-order valence-corrected chi connectivity index (χ4v) is 1.68. The maximum atomic E-state index is 9.94. The van der Waals surface area contributed by atoms with Crippen LogP contribution in [0.15, 0.2) is 30.5 Å². The van der Waals surface area contributed by atoms with Crippen molar-refractivity contribution in [3.63, 3.8) is 0 Å². The van der Waals surface area contributed by atoms with Gasteiger partial charge >= 0.3 is 0 Å². The van der Waals surface area contributed by atoms with Gasteiger partial charge in [-0.2, -0.15) is 0 Å². The number of fused-ring (bicyclic) bond motifs is 1. The first-order chi connectivity index (χ1) is 8.31. The Morgan fingerprint density at radius 2 is 2.06 bits per heavy atom. The van der Waals surface area contributed by atoms with Crippen molar-refractivity contribution in [2.24, 2.45) is 0 Å². The third-order valence-electron chi connectivity index (χ3n) is 2.61. The number of aliphatic hydroxyl groups excluding tert-OH is 1. The van der Waals surface area contributed by atoms with E-state index in [0.29, 0.717) is 18.5 Å². The molecule has 86 valence electrons. The van der Waals surface area contributed by atoms with Gasteiger partial charge in [0.1, 0.15) is 0 Å². The van der Waals surface area contributed by atoms with Crippen molar-refractivity contribution in [1.29, 1.82) is 0 Å². The zero-order chi connectivity index (χ0) is 12.1. The highest BCUT2D eigenvalue weighted by atomic mass is 16.3. The van der Waals surface area contributed by atoms with E-state index in [0.717, 1.165) is 17.5 Å². The number of aromatic nitrogens is 2. The van der Waals surface area contributed by atoms with Crippen LogP contribution >= 0.6 is 0 Å². The Balaban J connectivity index is 2.16. The van der Waals surface area contributed by atoms with Gasteiger partial charge in [-0.15, -0.1) is 12.3 Å². The van der Waals surface area contributed by atoms with Gasteiger partial charge in [-0.25, -0.2) is 4.98 Å². The molecule has 0 fully saturated rings. The van der Waals surface area contributed by atoms with Crippen molar-refractivity contribution in [3.05, 3.63) is 36.2 Å². The number of nitrogens with zero attached hydrogens (tertiary/aromatic N) is 2. The van der Waals surface area contributed by atoms with Gasteiger partial charge in [-0.1, -0.05) is 12.1 Å². The van der Waals surface area contributed by atoms with E-state index in [1.807, 2.05) is 24.3 Å². The molecule has 1 unspecified atom stereocenters. The van der Waals surface area contributed by atoms with E-state index in [1.165, 1.54) is 0 Å². The highest BCUT2D eigenvalue weighted by molar-refractivity contribution is 5.73. The summed E-state index contributed by atoms with van der Waals surface area (Å²) in [5.74, 6) is 2.56. The van der Waals surface area contributed by atoms with Crippen LogP contribution in [0.5, 0.6) is 0 Å². The molecule has 0 saturated heterocycles. The van der Waals surface area contributed by atoms with Crippen LogP contribution in [-0.4, -0.2) is 15.1 Å². The number of hydrogen-bond donors (Lipinski definition) is 1. The van der Waals surface area contributed by atoms with Gasteiger partial charge in [0.05, 0.1) is 29.0 Å². The van der Waals surface area contributed by atoms with Crippen molar-refractivity contribution < 1.29 is 5.11 Å². The molecular formula is C14H14N2O. The second-order valence-corrected chi connectivity index (χ2v) is 3.90. The molecule has 0 bridgehead atoms. The van der Waals surface area contributed by atoms with E-state index in [-0.39, 0.29) is 0 Å². The highest BCUT2D eigenvalue weighted by Gasteiger charge is 2.09. The summed E-state index contributed by atoms with van der Waals surface area (Å²) in [7, 11) is 0. The number of rotatable bonds is 4. The average Bonchev–Trinajstić information content (AvgIpc) is 2.38. The van der Waals surface area contributed by atoms with Gasteiger partial charge in [-0.05, 0) is 25.0 Å². The lowest BCUT2D eigenvalue weighted by Crippen LogP contribution is -2.01. The van der Waals surface area contributed by atoms with Crippen LogP contribution in [0, 0.1) is 12.3 Å². The molecule has 0 aliphatic rings. The Hall–Kier alpha value is -1.92. The van der Waals surface area contributed by atoms with Gasteiger partial charge in [0.25, 0.3) is 0 Å². The molecule has 0 spiro atoms. The third kappa shape index (κ3) is 2.80. The minimum Gasteiger partial charge on any atom is -0.387 e. The Morgan fingerprint density at radius 3 is 2.82 bits per heavy atom. The summed E-state index contributed by atoms with van der Waals surface area (Å²) >= 11 is 0. The van der Waals surface area contributed by atoms with E-state index in [4.69, 9.17) is 6.42 Å². The smallest absolute Gasteiger partial charge is 0.0976 e. The summed E-state index contributed by atoms with van der Waals surface area (Å²) in [6, 6.07) is 7.61. The van der Waals surface area contributed by atoms with E-state index < -0.39 is 6.10 Å². The quantitative estimate of drug-likeness (QED) is 0.643. The molecule has 1 atom stereocenters. The van der Waals surface area contributed by atoms with Crippen LogP contribution in [0.25, 0.3) is 11.0 Å². The van der Waals surface area contributed by atoms with Crippen LogP contribution in [-0.2, 0) is 0 Å². The lowest BCUT2D eigenvalue weighted by molar-refractivity contribution is 0.160. The van der Waals surface area contributed by atoms with Crippen LogP contribution in [0.4, 0.5) is 0 Å². The zero-order valence-electron chi connectivity index (χ0n) is 9.50. The second-order valence-electron chi connectivity index (χ2n) is 3.90. The first kappa shape index (κ1) is 11.6. The summed E-state index contributed by atoms with van der Waals surface area (Å²) in [5.41, 5.74) is 2.26. The van der Waals surface area contributed by atoms with Gasteiger partial charge in [0, 0.05) is 6.42 Å². The maximum Gasteiger partial charge on any atom is 0.0976 e. The first-order valence-electron chi connectivity index (χ1n) is 5.64. The third-order valence-corrected chi connectivity index (χ3v) is 2.61. The van der Waals surface area contributed by atoms with Gasteiger partial charge in [-0.3, -0.25) is 4.98 Å². The molecule has 17 heavy (non-hydrogen) atoms. The van der Waals surface area contributed by atoms with Crippen molar-refractivity contribution in [3.8, 4) is 12.3 Å². The molecular weight excluding hydrogens is 212 g/mol. The van der Waals surface area contributed by atoms with Gasteiger partial charge < -0.3 is 5.11 Å². The Morgan fingerprint density at radius 1 is 1.29 bits per heavy atom. The molecule has 0 radical (unpaired) electrons. The number of benzene rings is 1. The van der Waals surface area contributed by atoms with Crippen molar-refractivity contribution in [2.45, 2.75) is 25.4 Å². The highest BCUT2D eigenvalue weighted by Crippen LogP contribution is 2.18. The second kappa shape index (κ2) is 5.42. The zero-order valence-corrected chi connectivity index (χ0v) is 9.50. The van der Waals surface area contributed by atoms with E-state index in [9.17, 15) is 5.11 Å². The van der Waals surface area contributed by atoms with E-state index >= 15 is 0 Å². The normalized spacial score (nSPS) is 12.2. The predicted molar refractivity (Wildman–Crippen MR) is 67.2 cm³/mol. The fourth-order valence-electron chi connectivity index (χ4n) is 1.68.